The quantitative estimate of drug-likeness (QED) is 0.526. The molecule has 0 N–H and O–H groups in total. The maximum Gasteiger partial charge on any atom is 0.237 e. The predicted octanol–water partition coefficient (Wildman–Crippen LogP) is 2.48. The van der Waals surface area contributed by atoms with Crippen LogP contribution in [-0.2, 0) is 11.2 Å². The molecule has 0 spiro atoms. The van der Waals surface area contributed by atoms with Crippen LogP contribution in [0.2, 0.25) is 5.02 Å². The average Bonchev–Trinajstić information content (AvgIpc) is 3.26. The Morgan fingerprint density at radius 1 is 1.24 bits per heavy atom. The number of rotatable bonds is 1. The molecule has 3 aromatic rings. The van der Waals surface area contributed by atoms with Crippen LogP contribution in [0.1, 0.15) is 29.7 Å². The number of ether oxygens (including phenoxy) is 1. The topological polar surface area (TPSA) is 70.1 Å². The van der Waals surface area contributed by atoms with Gasteiger partial charge in [-0.15, -0.1) is 5.10 Å². The summed E-state index contributed by atoms with van der Waals surface area (Å²) in [7, 11) is 0. The van der Waals surface area contributed by atoms with E-state index < -0.39 is 0 Å². The first-order valence-electron chi connectivity index (χ1n) is 8.10. The van der Waals surface area contributed by atoms with E-state index in [9.17, 15) is 0 Å². The Kier molecular flexibility index (Phi) is 3.03. The van der Waals surface area contributed by atoms with Crippen molar-refractivity contribution in [2.75, 3.05) is 6.61 Å². The van der Waals surface area contributed by atoms with E-state index in [-0.39, 0.29) is 6.04 Å². The molecule has 7 nitrogen and oxygen atoms in total. The normalized spacial score (nSPS) is 18.0. The molecule has 1 aromatic carbocycles. The molecule has 0 bridgehead atoms. The smallest absolute Gasteiger partial charge is 0.237 e. The lowest BCUT2D eigenvalue weighted by molar-refractivity contribution is 0.323. The molecule has 2 aliphatic rings. The molecule has 2 aliphatic heterocycles. The minimum Gasteiger partial charge on any atom is -0.474 e. The molecular weight excluding hydrogens is 340 g/mol. The third-order valence-corrected chi connectivity index (χ3v) is 4.82. The highest BCUT2D eigenvalue weighted by Gasteiger charge is 2.29. The van der Waals surface area contributed by atoms with Crippen LogP contribution in [0.15, 0.2) is 29.5 Å². The molecule has 126 valence electrons. The van der Waals surface area contributed by atoms with Gasteiger partial charge in [-0.1, -0.05) is 16.8 Å². The van der Waals surface area contributed by atoms with Gasteiger partial charge in [-0.2, -0.15) is 0 Å². The predicted molar refractivity (Wildman–Crippen MR) is 93.0 cm³/mol. The minimum absolute atomic E-state index is 0.151. The number of nitrogens with zero attached hydrogens (tertiary/aromatic N) is 6. The molecule has 0 fully saturated rings. The van der Waals surface area contributed by atoms with E-state index in [0.717, 1.165) is 34.2 Å². The Labute approximate surface area is 148 Å². The Hall–Kier alpha value is -2.67. The number of imidazole rings is 1. The number of aromatic nitrogens is 5. The van der Waals surface area contributed by atoms with Gasteiger partial charge in [0.05, 0.1) is 34.5 Å². The van der Waals surface area contributed by atoms with Gasteiger partial charge in [0.15, 0.2) is 0 Å². The molecule has 1 atom stereocenters. The summed E-state index contributed by atoms with van der Waals surface area (Å²) < 4.78 is 9.65. The molecule has 0 saturated heterocycles. The van der Waals surface area contributed by atoms with Crippen LogP contribution >= 0.6 is 11.6 Å². The Balaban J connectivity index is 1.79. The number of hydrogen-bond acceptors (Lipinski definition) is 5. The number of benzene rings is 1. The van der Waals surface area contributed by atoms with Crippen molar-refractivity contribution < 1.29 is 4.74 Å². The number of hydrogen-bond donors (Lipinski definition) is 0. The summed E-state index contributed by atoms with van der Waals surface area (Å²) in [6.07, 6.45) is 2.44. The van der Waals surface area contributed by atoms with Gasteiger partial charge in [-0.3, -0.25) is 4.57 Å². The molecule has 0 unspecified atom stereocenters. The van der Waals surface area contributed by atoms with Crippen LogP contribution in [0, 0.1) is 6.92 Å². The van der Waals surface area contributed by atoms with Crippen LogP contribution in [-0.4, -0.2) is 43.1 Å². The highest BCUT2D eigenvalue weighted by atomic mass is 35.5. The fraction of sp³-hybridized carbons (Fsp3) is 0.294. The minimum atomic E-state index is 0.151. The summed E-state index contributed by atoms with van der Waals surface area (Å²) in [4.78, 5) is 9.15. The first-order chi connectivity index (χ1) is 12.1. The molecule has 8 heteroatoms. The summed E-state index contributed by atoms with van der Waals surface area (Å²) in [6, 6.07) is 5.89. The van der Waals surface area contributed by atoms with Crippen molar-refractivity contribution in [1.82, 2.24) is 24.5 Å². The van der Waals surface area contributed by atoms with E-state index in [4.69, 9.17) is 16.3 Å². The second kappa shape index (κ2) is 5.16. The number of halogens is 1. The summed E-state index contributed by atoms with van der Waals surface area (Å²) in [5, 5.41) is 9.21. The van der Waals surface area contributed by atoms with E-state index in [1.54, 1.807) is 0 Å². The van der Waals surface area contributed by atoms with E-state index in [0.29, 0.717) is 23.9 Å². The van der Waals surface area contributed by atoms with E-state index in [2.05, 4.69) is 24.9 Å². The molecule has 0 saturated carbocycles. The van der Waals surface area contributed by atoms with Gasteiger partial charge >= 0.3 is 0 Å². The Morgan fingerprint density at radius 2 is 2.12 bits per heavy atom. The van der Waals surface area contributed by atoms with E-state index in [1.165, 1.54) is 0 Å². The highest BCUT2D eigenvalue weighted by molar-refractivity contribution is 6.30. The van der Waals surface area contributed by atoms with Crippen LogP contribution < -0.4 is 0 Å². The van der Waals surface area contributed by atoms with Gasteiger partial charge in [-0.05, 0) is 32.0 Å². The van der Waals surface area contributed by atoms with Gasteiger partial charge in [0, 0.05) is 11.4 Å². The number of fused-ring (bicyclic) bond motifs is 5. The third kappa shape index (κ3) is 2.12. The first-order valence-corrected chi connectivity index (χ1v) is 8.48. The third-order valence-electron chi connectivity index (χ3n) is 4.59. The monoisotopic (exact) mass is 354 g/mol. The van der Waals surface area contributed by atoms with Crippen molar-refractivity contribution in [2.45, 2.75) is 26.3 Å². The van der Waals surface area contributed by atoms with Crippen LogP contribution in [0.25, 0.3) is 11.4 Å². The second-order valence-electron chi connectivity index (χ2n) is 6.35. The number of aliphatic imine (C=N–C) groups is 1. The molecule has 0 amide bonds. The highest BCUT2D eigenvalue weighted by Crippen LogP contribution is 2.32. The first kappa shape index (κ1) is 14.7. The van der Waals surface area contributed by atoms with Crippen molar-refractivity contribution in [3.8, 4) is 11.4 Å². The summed E-state index contributed by atoms with van der Waals surface area (Å²) in [6.45, 7) is 4.58. The zero-order valence-electron chi connectivity index (χ0n) is 13.8. The molecule has 2 aromatic heterocycles. The van der Waals surface area contributed by atoms with Gasteiger partial charge < -0.3 is 4.74 Å². The lowest BCUT2D eigenvalue weighted by Gasteiger charge is -2.10. The average molecular weight is 355 g/mol. The largest absolute Gasteiger partial charge is 0.474 e. The second-order valence-corrected chi connectivity index (χ2v) is 6.78. The standard InChI is InChI=1S/C17H15ClN6O/c1-9-7-25-17(20-9)16-15-6-13-10(2)21-22-24(13)14-5-11(18)3-4-12(14)23(15)8-19-16/h3-5,8-9H,6-7H2,1-2H3/t9-/m1/s1. The van der Waals surface area contributed by atoms with Crippen LogP contribution in [0.3, 0.4) is 0 Å². The Morgan fingerprint density at radius 3 is 2.92 bits per heavy atom. The van der Waals surface area contributed by atoms with Gasteiger partial charge in [-0.25, -0.2) is 14.7 Å². The molecule has 4 heterocycles. The number of aryl methyl sites for hydroxylation is 1. The van der Waals surface area contributed by atoms with Crippen molar-refractivity contribution >= 4 is 17.5 Å². The molecule has 0 aliphatic carbocycles. The molecule has 5 rings (SSSR count). The van der Waals surface area contributed by atoms with Crippen LogP contribution in [0.5, 0.6) is 0 Å². The zero-order valence-corrected chi connectivity index (χ0v) is 14.5. The fourth-order valence-corrected chi connectivity index (χ4v) is 3.50. The summed E-state index contributed by atoms with van der Waals surface area (Å²) in [5.74, 6) is 0.607. The maximum absolute atomic E-state index is 6.23. The van der Waals surface area contributed by atoms with Crippen molar-refractivity contribution in [3.05, 3.63) is 52.3 Å². The molecule has 0 radical (unpaired) electrons. The summed E-state index contributed by atoms with van der Waals surface area (Å²) >= 11 is 6.23. The lowest BCUT2D eigenvalue weighted by Crippen LogP contribution is -2.08. The van der Waals surface area contributed by atoms with E-state index in [1.807, 2.05) is 43.1 Å². The maximum atomic E-state index is 6.23. The van der Waals surface area contributed by atoms with Gasteiger partial charge in [0.2, 0.25) is 5.90 Å². The summed E-state index contributed by atoms with van der Waals surface area (Å²) in [5.41, 5.74) is 5.52. The SMILES string of the molecule is Cc1nnn2c1Cc1c(C3=N[C@H](C)CO3)ncn1-c1ccc(Cl)cc1-2. The Bertz CT molecular complexity index is 1030. The lowest BCUT2D eigenvalue weighted by atomic mass is 10.1. The van der Waals surface area contributed by atoms with Crippen LogP contribution in [0.4, 0.5) is 0 Å². The van der Waals surface area contributed by atoms with Gasteiger partial charge in [0.25, 0.3) is 0 Å². The fourth-order valence-electron chi connectivity index (χ4n) is 3.33. The zero-order chi connectivity index (χ0) is 17.1. The van der Waals surface area contributed by atoms with Gasteiger partial charge in [0.1, 0.15) is 18.6 Å². The van der Waals surface area contributed by atoms with Crippen molar-refractivity contribution in [3.63, 3.8) is 0 Å². The van der Waals surface area contributed by atoms with E-state index >= 15 is 0 Å². The molecular formula is C17H15ClN6O. The van der Waals surface area contributed by atoms with Crippen molar-refractivity contribution in [1.29, 1.82) is 0 Å². The van der Waals surface area contributed by atoms with Crippen molar-refractivity contribution in [2.24, 2.45) is 4.99 Å². The molecule has 25 heavy (non-hydrogen) atoms.